The molecule has 0 radical (unpaired) electrons. The highest BCUT2D eigenvalue weighted by Crippen LogP contribution is 2.18. The van der Waals surface area contributed by atoms with Gasteiger partial charge < -0.3 is 5.11 Å². The molecule has 0 bridgehead atoms. The molecule has 4 nitrogen and oxygen atoms in total. The molecule has 0 aromatic carbocycles. The number of aliphatic hydroxyl groups is 1. The zero-order valence-electron chi connectivity index (χ0n) is 9.84. The van der Waals surface area contributed by atoms with Crippen molar-refractivity contribution in [2.45, 2.75) is 19.4 Å². The number of likely N-dealkylation sites (tertiary alicyclic amines) is 1. The van der Waals surface area contributed by atoms with Crippen LogP contribution in [0.3, 0.4) is 0 Å². The molecule has 90 valence electrons. The highest BCUT2D eigenvalue weighted by molar-refractivity contribution is 5.25. The molecule has 1 aromatic rings. The first-order valence-corrected chi connectivity index (χ1v) is 6.00. The van der Waals surface area contributed by atoms with Gasteiger partial charge in [0.2, 0.25) is 0 Å². The Kier molecular flexibility index (Phi) is 4.08. The van der Waals surface area contributed by atoms with Gasteiger partial charge in [0.05, 0.1) is 0 Å². The van der Waals surface area contributed by atoms with Crippen molar-refractivity contribution in [1.82, 2.24) is 9.88 Å². The summed E-state index contributed by atoms with van der Waals surface area (Å²) in [7, 11) is 0. The monoisotopic (exact) mass is 231 g/mol. The molecular weight excluding hydrogens is 214 g/mol. The van der Waals surface area contributed by atoms with E-state index >= 15 is 0 Å². The molecule has 1 atom stereocenters. The van der Waals surface area contributed by atoms with Crippen molar-refractivity contribution >= 4 is 0 Å². The Bertz CT molecular complexity index is 413. The smallest absolute Gasteiger partial charge is 0.140 e. The third-order valence-corrected chi connectivity index (χ3v) is 3.21. The van der Waals surface area contributed by atoms with E-state index in [0.717, 1.165) is 38.0 Å². The van der Waals surface area contributed by atoms with Gasteiger partial charge in [0.1, 0.15) is 11.8 Å². The molecule has 17 heavy (non-hydrogen) atoms. The van der Waals surface area contributed by atoms with Crippen molar-refractivity contribution in [2.75, 3.05) is 19.7 Å². The van der Waals surface area contributed by atoms with Crippen LogP contribution in [0.1, 0.15) is 24.1 Å². The fraction of sp³-hybridized carbons (Fsp3) is 0.538. The SMILES string of the molecule is N#Cc1cc(CN2CCCC(CO)C2)ccn1. The van der Waals surface area contributed by atoms with Crippen LogP contribution in [0.25, 0.3) is 0 Å². The predicted octanol–water partition coefficient (Wildman–Crippen LogP) is 1.16. The van der Waals surface area contributed by atoms with Gasteiger partial charge in [-0.25, -0.2) is 4.98 Å². The molecule has 1 fully saturated rings. The molecule has 4 heteroatoms. The maximum atomic E-state index is 9.18. The second kappa shape index (κ2) is 5.76. The van der Waals surface area contributed by atoms with Crippen molar-refractivity contribution in [3.05, 3.63) is 29.6 Å². The Morgan fingerprint density at radius 1 is 1.59 bits per heavy atom. The van der Waals surface area contributed by atoms with Crippen LogP contribution in [0.2, 0.25) is 0 Å². The third kappa shape index (κ3) is 3.26. The molecule has 1 unspecified atom stereocenters. The number of aromatic nitrogens is 1. The number of nitriles is 1. The summed E-state index contributed by atoms with van der Waals surface area (Å²) in [5.41, 5.74) is 1.59. The van der Waals surface area contributed by atoms with Gasteiger partial charge in [0.25, 0.3) is 0 Å². The minimum absolute atomic E-state index is 0.274. The van der Waals surface area contributed by atoms with Crippen LogP contribution in [-0.2, 0) is 6.54 Å². The van der Waals surface area contributed by atoms with Gasteiger partial charge in [-0.2, -0.15) is 5.26 Å². The summed E-state index contributed by atoms with van der Waals surface area (Å²) in [4.78, 5) is 6.30. The molecule has 1 N–H and O–H groups in total. The summed E-state index contributed by atoms with van der Waals surface area (Å²) in [5.74, 6) is 0.404. The summed E-state index contributed by atoms with van der Waals surface area (Å²) in [6.45, 7) is 3.13. The van der Waals surface area contributed by atoms with E-state index in [9.17, 15) is 5.11 Å². The first-order valence-electron chi connectivity index (χ1n) is 6.00. The molecular formula is C13H17N3O. The first-order chi connectivity index (χ1) is 8.31. The highest BCUT2D eigenvalue weighted by atomic mass is 16.3. The van der Waals surface area contributed by atoms with Gasteiger partial charge in [-0.15, -0.1) is 0 Å². The topological polar surface area (TPSA) is 60.2 Å². The summed E-state index contributed by atoms with van der Waals surface area (Å²) < 4.78 is 0. The van der Waals surface area contributed by atoms with E-state index in [1.807, 2.05) is 12.1 Å². The zero-order chi connectivity index (χ0) is 12.1. The molecule has 0 spiro atoms. The Labute approximate surface area is 102 Å². The van der Waals surface area contributed by atoms with Crippen LogP contribution in [-0.4, -0.2) is 34.7 Å². The van der Waals surface area contributed by atoms with Gasteiger partial charge in [-0.1, -0.05) is 0 Å². The Morgan fingerprint density at radius 2 is 2.47 bits per heavy atom. The molecule has 0 aliphatic carbocycles. The lowest BCUT2D eigenvalue weighted by Gasteiger charge is -2.31. The van der Waals surface area contributed by atoms with Crippen molar-refractivity contribution in [2.24, 2.45) is 5.92 Å². The lowest BCUT2D eigenvalue weighted by molar-refractivity contribution is 0.116. The maximum absolute atomic E-state index is 9.18. The van der Waals surface area contributed by atoms with E-state index in [4.69, 9.17) is 5.26 Å². The lowest BCUT2D eigenvalue weighted by Crippen LogP contribution is -2.36. The Balaban J connectivity index is 1.98. The molecule has 2 heterocycles. The quantitative estimate of drug-likeness (QED) is 0.848. The van der Waals surface area contributed by atoms with E-state index in [1.165, 1.54) is 0 Å². The molecule has 0 saturated carbocycles. The van der Waals surface area contributed by atoms with Crippen LogP contribution < -0.4 is 0 Å². The second-order valence-electron chi connectivity index (χ2n) is 4.59. The first kappa shape index (κ1) is 12.0. The van der Waals surface area contributed by atoms with Gasteiger partial charge in [0.15, 0.2) is 0 Å². The largest absolute Gasteiger partial charge is 0.396 e. The van der Waals surface area contributed by atoms with Crippen molar-refractivity contribution in [3.8, 4) is 6.07 Å². The van der Waals surface area contributed by atoms with E-state index in [0.29, 0.717) is 11.6 Å². The Morgan fingerprint density at radius 3 is 3.24 bits per heavy atom. The fourth-order valence-corrected chi connectivity index (χ4v) is 2.34. The minimum Gasteiger partial charge on any atom is -0.396 e. The van der Waals surface area contributed by atoms with Gasteiger partial charge in [-0.05, 0) is 43.0 Å². The average Bonchev–Trinajstić information content (AvgIpc) is 2.39. The number of hydrogen-bond donors (Lipinski definition) is 1. The summed E-state index contributed by atoms with van der Waals surface area (Å²) in [6, 6.07) is 5.84. The molecule has 0 amide bonds. The zero-order valence-corrected chi connectivity index (χ0v) is 9.84. The number of piperidine rings is 1. The van der Waals surface area contributed by atoms with Gasteiger partial charge >= 0.3 is 0 Å². The van der Waals surface area contributed by atoms with Crippen LogP contribution in [0.5, 0.6) is 0 Å². The third-order valence-electron chi connectivity index (χ3n) is 3.21. The number of nitrogens with zero attached hydrogens (tertiary/aromatic N) is 3. The number of aliphatic hydroxyl groups excluding tert-OH is 1. The fourth-order valence-electron chi connectivity index (χ4n) is 2.34. The molecule has 1 aliphatic heterocycles. The molecule has 1 aromatic heterocycles. The predicted molar refractivity (Wildman–Crippen MR) is 64.0 cm³/mol. The van der Waals surface area contributed by atoms with Gasteiger partial charge in [0, 0.05) is 25.9 Å². The van der Waals surface area contributed by atoms with Crippen molar-refractivity contribution in [3.63, 3.8) is 0 Å². The van der Waals surface area contributed by atoms with E-state index < -0.39 is 0 Å². The minimum atomic E-state index is 0.274. The normalized spacial score (nSPS) is 21.1. The second-order valence-corrected chi connectivity index (χ2v) is 4.59. The Hall–Kier alpha value is -1.44. The average molecular weight is 231 g/mol. The summed E-state index contributed by atoms with van der Waals surface area (Å²) in [6.07, 6.45) is 3.94. The molecule has 1 aliphatic rings. The maximum Gasteiger partial charge on any atom is 0.140 e. The molecule has 1 saturated heterocycles. The van der Waals surface area contributed by atoms with E-state index in [2.05, 4.69) is 16.0 Å². The molecule has 2 rings (SSSR count). The van der Waals surface area contributed by atoms with E-state index in [1.54, 1.807) is 6.20 Å². The van der Waals surface area contributed by atoms with Crippen LogP contribution >= 0.6 is 0 Å². The van der Waals surface area contributed by atoms with Crippen molar-refractivity contribution < 1.29 is 5.11 Å². The van der Waals surface area contributed by atoms with Crippen molar-refractivity contribution in [1.29, 1.82) is 5.26 Å². The number of pyridine rings is 1. The lowest BCUT2D eigenvalue weighted by atomic mass is 9.98. The van der Waals surface area contributed by atoms with E-state index in [-0.39, 0.29) is 6.61 Å². The van der Waals surface area contributed by atoms with Crippen LogP contribution in [0.4, 0.5) is 0 Å². The number of rotatable bonds is 3. The number of hydrogen-bond acceptors (Lipinski definition) is 4. The summed E-state index contributed by atoms with van der Waals surface area (Å²) in [5, 5.41) is 18.0. The highest BCUT2D eigenvalue weighted by Gasteiger charge is 2.19. The summed E-state index contributed by atoms with van der Waals surface area (Å²) >= 11 is 0. The standard InChI is InChI=1S/C13H17N3O/c14-7-13-6-11(3-4-15-13)8-16-5-1-2-12(9-16)10-17/h3-4,6,12,17H,1-2,5,8-10H2. The van der Waals surface area contributed by atoms with Gasteiger partial charge in [-0.3, -0.25) is 4.90 Å². The van der Waals surface area contributed by atoms with Crippen LogP contribution in [0.15, 0.2) is 18.3 Å². The van der Waals surface area contributed by atoms with Crippen LogP contribution in [0, 0.1) is 17.2 Å².